The summed E-state index contributed by atoms with van der Waals surface area (Å²) >= 11 is 0. The molecule has 0 spiro atoms. The van der Waals surface area contributed by atoms with Gasteiger partial charge in [-0.15, -0.1) is 0 Å². The summed E-state index contributed by atoms with van der Waals surface area (Å²) in [4.78, 5) is 23.0. The molecule has 1 saturated carbocycles. The van der Waals surface area contributed by atoms with E-state index in [1.54, 1.807) is 6.20 Å². The number of amides is 1. The second-order valence-electron chi connectivity index (χ2n) is 8.17. The van der Waals surface area contributed by atoms with E-state index in [0.717, 1.165) is 49.2 Å². The largest absolute Gasteiger partial charge is 0.484 e. The third kappa shape index (κ3) is 6.48. The smallest absolute Gasteiger partial charge is 0.416 e. The molecule has 32 heavy (non-hydrogen) atoms. The van der Waals surface area contributed by atoms with Gasteiger partial charge in [0.2, 0.25) is 5.95 Å². The van der Waals surface area contributed by atoms with Crippen molar-refractivity contribution in [2.75, 3.05) is 30.9 Å². The van der Waals surface area contributed by atoms with Crippen LogP contribution in [0.25, 0.3) is 0 Å². The van der Waals surface area contributed by atoms with Crippen LogP contribution in [-0.4, -0.2) is 48.7 Å². The molecule has 0 atom stereocenters. The molecule has 1 amide bonds. The highest BCUT2D eigenvalue weighted by molar-refractivity contribution is 5.77. The van der Waals surface area contributed by atoms with Crippen molar-refractivity contribution in [3.8, 4) is 5.75 Å². The van der Waals surface area contributed by atoms with E-state index in [2.05, 4.69) is 20.6 Å². The zero-order valence-corrected chi connectivity index (χ0v) is 18.4. The third-order valence-electron chi connectivity index (χ3n) is 5.33. The minimum absolute atomic E-state index is 0.00179. The van der Waals surface area contributed by atoms with Crippen molar-refractivity contribution in [2.24, 2.45) is 0 Å². The second-order valence-corrected chi connectivity index (χ2v) is 8.17. The highest BCUT2D eigenvalue weighted by Gasteiger charge is 2.30. The molecule has 3 rings (SSSR count). The number of nitrogens with zero attached hydrogens (tertiary/aromatic N) is 3. The molecule has 0 aliphatic heterocycles. The van der Waals surface area contributed by atoms with Crippen LogP contribution in [0.5, 0.6) is 5.75 Å². The number of hydrogen-bond acceptors (Lipinski definition) is 6. The van der Waals surface area contributed by atoms with Crippen molar-refractivity contribution in [2.45, 2.75) is 50.9 Å². The van der Waals surface area contributed by atoms with E-state index >= 15 is 0 Å². The number of aryl methyl sites for hydroxylation is 1. The van der Waals surface area contributed by atoms with Gasteiger partial charge in [-0.1, -0.05) is 6.07 Å². The van der Waals surface area contributed by atoms with Crippen molar-refractivity contribution in [3.63, 3.8) is 0 Å². The molecular weight excluding hydrogens is 423 g/mol. The maximum Gasteiger partial charge on any atom is 0.416 e. The topological polar surface area (TPSA) is 79.4 Å². The van der Waals surface area contributed by atoms with Crippen molar-refractivity contribution in [1.29, 1.82) is 0 Å². The molecule has 174 valence electrons. The molecule has 10 heteroatoms. The van der Waals surface area contributed by atoms with Gasteiger partial charge in [-0.3, -0.25) is 4.79 Å². The van der Waals surface area contributed by atoms with Gasteiger partial charge in [0.1, 0.15) is 11.6 Å². The first-order chi connectivity index (χ1) is 15.1. The highest BCUT2D eigenvalue weighted by Crippen LogP contribution is 2.31. The van der Waals surface area contributed by atoms with Crippen LogP contribution in [-0.2, 0) is 11.0 Å². The first kappa shape index (κ1) is 23.6. The van der Waals surface area contributed by atoms with Crippen LogP contribution in [0.15, 0.2) is 30.5 Å². The summed E-state index contributed by atoms with van der Waals surface area (Å²) in [7, 11) is 3.87. The molecule has 1 aliphatic rings. The lowest BCUT2D eigenvalue weighted by Crippen LogP contribution is -2.42. The Hall–Kier alpha value is -3.04. The fourth-order valence-corrected chi connectivity index (χ4v) is 3.70. The van der Waals surface area contributed by atoms with Crippen LogP contribution in [0.2, 0.25) is 0 Å². The fourth-order valence-electron chi connectivity index (χ4n) is 3.70. The van der Waals surface area contributed by atoms with Crippen molar-refractivity contribution >= 4 is 17.7 Å². The maximum absolute atomic E-state index is 12.8. The lowest BCUT2D eigenvalue weighted by Gasteiger charge is -2.30. The van der Waals surface area contributed by atoms with Crippen LogP contribution in [0.4, 0.5) is 24.9 Å². The van der Waals surface area contributed by atoms with Crippen LogP contribution >= 0.6 is 0 Å². The van der Waals surface area contributed by atoms with Gasteiger partial charge in [0, 0.05) is 37.9 Å². The summed E-state index contributed by atoms with van der Waals surface area (Å²) in [6, 6.07) is 4.71. The Morgan fingerprint density at radius 1 is 1.19 bits per heavy atom. The van der Waals surface area contributed by atoms with E-state index in [-0.39, 0.29) is 30.3 Å². The lowest BCUT2D eigenvalue weighted by molar-refractivity contribution is -0.137. The second kappa shape index (κ2) is 10.1. The number of halogens is 3. The van der Waals surface area contributed by atoms with Gasteiger partial charge in [-0.05, 0) is 50.8 Å². The van der Waals surface area contributed by atoms with Crippen LogP contribution in [0, 0.1) is 6.92 Å². The molecule has 7 nitrogen and oxygen atoms in total. The standard InChI is InChI=1S/C22H28F3N5O2/c1-14-12-26-21(29-20(14)30(2)3)28-17-9-7-16(8-10-17)27-19(31)13-32-18-6-4-5-15(11-18)22(23,24)25/h4-6,11-12,16-17H,7-10,13H2,1-3H3,(H,27,31)(H,26,28,29)/t16-,17+. The monoisotopic (exact) mass is 451 g/mol. The van der Waals surface area contributed by atoms with Gasteiger partial charge in [0.05, 0.1) is 5.56 Å². The Balaban J connectivity index is 1.43. The summed E-state index contributed by atoms with van der Waals surface area (Å²) in [5.74, 6) is 1.11. The quantitative estimate of drug-likeness (QED) is 0.667. The number of anilines is 2. The van der Waals surface area contributed by atoms with Gasteiger partial charge < -0.3 is 20.3 Å². The highest BCUT2D eigenvalue weighted by atomic mass is 19.4. The fraction of sp³-hybridized carbons (Fsp3) is 0.500. The van der Waals surface area contributed by atoms with Gasteiger partial charge >= 0.3 is 6.18 Å². The molecule has 1 fully saturated rings. The molecule has 2 N–H and O–H groups in total. The number of ether oxygens (including phenoxy) is 1. The number of rotatable bonds is 7. The SMILES string of the molecule is Cc1cnc(N[C@H]2CC[C@@H](NC(=O)COc3cccc(C(F)(F)F)c3)CC2)nc1N(C)C. The number of benzene rings is 1. The van der Waals surface area contributed by atoms with Crippen LogP contribution < -0.4 is 20.3 Å². The molecule has 0 radical (unpaired) electrons. The average molecular weight is 451 g/mol. The van der Waals surface area contributed by atoms with E-state index < -0.39 is 11.7 Å². The average Bonchev–Trinajstić information content (AvgIpc) is 2.74. The Kier molecular flexibility index (Phi) is 7.42. The Bertz CT molecular complexity index is 928. The lowest BCUT2D eigenvalue weighted by atomic mass is 9.91. The van der Waals surface area contributed by atoms with Crippen LogP contribution in [0.3, 0.4) is 0 Å². The van der Waals surface area contributed by atoms with Gasteiger partial charge in [-0.25, -0.2) is 4.98 Å². The zero-order chi connectivity index (χ0) is 23.3. The molecule has 0 unspecified atom stereocenters. The predicted octanol–water partition coefficient (Wildman–Crippen LogP) is 3.79. The summed E-state index contributed by atoms with van der Waals surface area (Å²) in [5, 5.41) is 6.26. The van der Waals surface area contributed by atoms with Gasteiger partial charge in [0.25, 0.3) is 5.91 Å². The molecule has 2 aromatic rings. The number of nitrogens with one attached hydrogen (secondary N) is 2. The summed E-state index contributed by atoms with van der Waals surface area (Å²) < 4.78 is 43.5. The molecule has 0 saturated heterocycles. The van der Waals surface area contributed by atoms with E-state index in [1.807, 2.05) is 25.9 Å². The van der Waals surface area contributed by atoms with Crippen molar-refractivity contribution in [1.82, 2.24) is 15.3 Å². The number of aromatic nitrogens is 2. The van der Waals surface area contributed by atoms with Crippen molar-refractivity contribution < 1.29 is 22.7 Å². The normalized spacial score (nSPS) is 18.7. The first-order valence-electron chi connectivity index (χ1n) is 10.5. The number of carbonyl (C=O) groups is 1. The van der Waals surface area contributed by atoms with E-state index in [0.29, 0.717) is 5.95 Å². The number of alkyl halides is 3. The third-order valence-corrected chi connectivity index (χ3v) is 5.33. The van der Waals surface area contributed by atoms with Gasteiger partial charge in [-0.2, -0.15) is 18.2 Å². The van der Waals surface area contributed by atoms with E-state index in [9.17, 15) is 18.0 Å². The summed E-state index contributed by atoms with van der Waals surface area (Å²) in [5.41, 5.74) is 0.191. The Labute approximate surface area is 185 Å². The molecule has 1 heterocycles. The minimum atomic E-state index is -4.45. The maximum atomic E-state index is 12.8. The molecule has 0 bridgehead atoms. The Morgan fingerprint density at radius 2 is 1.88 bits per heavy atom. The molecule has 1 aromatic carbocycles. The van der Waals surface area contributed by atoms with Crippen LogP contribution in [0.1, 0.15) is 36.8 Å². The van der Waals surface area contributed by atoms with E-state index in [1.165, 1.54) is 12.1 Å². The number of carbonyl (C=O) groups excluding carboxylic acids is 1. The predicted molar refractivity (Wildman–Crippen MR) is 116 cm³/mol. The summed E-state index contributed by atoms with van der Waals surface area (Å²) in [6.45, 7) is 1.63. The molecule has 1 aromatic heterocycles. The van der Waals surface area contributed by atoms with E-state index in [4.69, 9.17) is 4.74 Å². The molecular formula is C22H28F3N5O2. The zero-order valence-electron chi connectivity index (χ0n) is 18.4. The number of hydrogen-bond donors (Lipinski definition) is 2. The first-order valence-corrected chi connectivity index (χ1v) is 10.5. The Morgan fingerprint density at radius 3 is 2.53 bits per heavy atom. The van der Waals surface area contributed by atoms with Gasteiger partial charge in [0.15, 0.2) is 6.61 Å². The minimum Gasteiger partial charge on any atom is -0.484 e. The van der Waals surface area contributed by atoms with Crippen molar-refractivity contribution in [3.05, 3.63) is 41.6 Å². The summed E-state index contributed by atoms with van der Waals surface area (Å²) in [6.07, 6.45) is 0.577. The molecule has 1 aliphatic carbocycles.